The van der Waals surface area contributed by atoms with E-state index >= 15 is 0 Å². The van der Waals surface area contributed by atoms with Gasteiger partial charge in [0.05, 0.1) is 30.0 Å². The molecule has 0 saturated heterocycles. The van der Waals surface area contributed by atoms with Crippen molar-refractivity contribution in [2.24, 2.45) is 4.99 Å². The molecule has 0 saturated carbocycles. The second kappa shape index (κ2) is 11.3. The maximum absolute atomic E-state index is 12.9. The summed E-state index contributed by atoms with van der Waals surface area (Å²) in [4.78, 5) is 54.9. The Morgan fingerprint density at radius 1 is 1.03 bits per heavy atom. The summed E-state index contributed by atoms with van der Waals surface area (Å²) in [6, 6.07) is 11.9. The summed E-state index contributed by atoms with van der Waals surface area (Å²) in [5, 5.41) is 0. The summed E-state index contributed by atoms with van der Waals surface area (Å²) in [5.74, 6) is -4.59. The van der Waals surface area contributed by atoms with E-state index in [1.165, 1.54) is 35.8 Å². The van der Waals surface area contributed by atoms with Gasteiger partial charge in [0.25, 0.3) is 5.91 Å². The molecule has 3 aromatic rings. The van der Waals surface area contributed by atoms with Gasteiger partial charge in [-0.1, -0.05) is 29.5 Å². The summed E-state index contributed by atoms with van der Waals surface area (Å²) >= 11 is 0.992. The molecular weight excluding hydrogens is 534 g/mol. The number of benzene rings is 2. The average Bonchev–Trinajstić information content (AvgIpc) is 3.22. The maximum atomic E-state index is 12.9. The van der Waals surface area contributed by atoms with Gasteiger partial charge in [0.2, 0.25) is 5.91 Å². The van der Waals surface area contributed by atoms with E-state index in [9.17, 15) is 27.6 Å². The van der Waals surface area contributed by atoms with Crippen LogP contribution in [0.3, 0.4) is 0 Å². The number of thiazole rings is 1. The fraction of sp³-hybridized carbons (Fsp3) is 0.320. The van der Waals surface area contributed by atoms with Crippen molar-refractivity contribution in [2.45, 2.75) is 19.4 Å². The van der Waals surface area contributed by atoms with E-state index in [4.69, 9.17) is 9.47 Å². The van der Waals surface area contributed by atoms with Crippen molar-refractivity contribution >= 4 is 60.8 Å². The smallest absolute Gasteiger partial charge is 0.337 e. The van der Waals surface area contributed by atoms with Crippen LogP contribution < -0.4 is 9.70 Å². The van der Waals surface area contributed by atoms with Gasteiger partial charge in [-0.15, -0.1) is 0 Å². The number of para-hydroxylation sites is 1. The quantitative estimate of drug-likeness (QED) is 0.397. The molecule has 200 valence electrons. The highest BCUT2D eigenvalue weighted by Gasteiger charge is 2.28. The van der Waals surface area contributed by atoms with Crippen LogP contribution in [0.5, 0.6) is 0 Å². The van der Waals surface area contributed by atoms with Crippen LogP contribution >= 0.6 is 11.3 Å². The van der Waals surface area contributed by atoms with Gasteiger partial charge in [-0.25, -0.2) is 13.2 Å². The third-order valence-corrected chi connectivity index (χ3v) is 8.35. The minimum absolute atomic E-state index is 0.0453. The molecule has 1 aromatic heterocycles. The van der Waals surface area contributed by atoms with E-state index in [1.807, 2.05) is 12.1 Å². The molecule has 4 rings (SSSR count). The highest BCUT2D eigenvalue weighted by Crippen LogP contribution is 2.27. The number of methoxy groups -OCH3 is 2. The Labute approximate surface area is 222 Å². The Balaban J connectivity index is 1.59. The third-order valence-electron chi connectivity index (χ3n) is 5.94. The van der Waals surface area contributed by atoms with Crippen LogP contribution in [0.25, 0.3) is 10.2 Å². The van der Waals surface area contributed by atoms with Gasteiger partial charge in [0.15, 0.2) is 14.6 Å². The van der Waals surface area contributed by atoms with Gasteiger partial charge in [-0.05, 0) is 42.7 Å². The number of sulfone groups is 1. The monoisotopic (exact) mass is 559 g/mol. The number of rotatable bonds is 7. The van der Waals surface area contributed by atoms with Crippen LogP contribution in [0.1, 0.15) is 22.3 Å². The molecule has 0 fully saturated rings. The molecule has 2 heterocycles. The first-order valence-electron chi connectivity index (χ1n) is 11.6. The topological polar surface area (TPSA) is 141 Å². The molecule has 0 N–H and O–H groups in total. The molecule has 11 nitrogen and oxygen atoms in total. The number of aryl methyl sites for hydroxylation is 1. The van der Waals surface area contributed by atoms with Crippen molar-refractivity contribution in [2.75, 3.05) is 37.2 Å². The Morgan fingerprint density at radius 3 is 2.53 bits per heavy atom. The van der Waals surface area contributed by atoms with E-state index in [0.29, 0.717) is 28.9 Å². The number of fused-ring (bicyclic) bond motifs is 2. The molecule has 0 radical (unpaired) electrons. The lowest BCUT2D eigenvalue weighted by Gasteiger charge is -2.29. The van der Waals surface area contributed by atoms with Crippen LogP contribution in [0.15, 0.2) is 47.5 Å². The number of esters is 2. The maximum Gasteiger partial charge on any atom is 0.337 e. The van der Waals surface area contributed by atoms with Crippen LogP contribution in [0.4, 0.5) is 5.69 Å². The molecule has 2 amide bonds. The van der Waals surface area contributed by atoms with E-state index in [0.717, 1.165) is 23.3 Å². The van der Waals surface area contributed by atoms with E-state index in [-0.39, 0.29) is 16.9 Å². The number of carbonyl (C=O) groups excluding carboxylic acids is 4. The Morgan fingerprint density at radius 2 is 1.79 bits per heavy atom. The van der Waals surface area contributed by atoms with Gasteiger partial charge in [0.1, 0.15) is 18.1 Å². The predicted octanol–water partition coefficient (Wildman–Crippen LogP) is 1.48. The van der Waals surface area contributed by atoms with Crippen LogP contribution in [-0.2, 0) is 46.7 Å². The fourth-order valence-electron chi connectivity index (χ4n) is 4.19. The number of aromatic nitrogens is 1. The fourth-order valence-corrected chi connectivity index (χ4v) is 6.35. The molecule has 0 spiro atoms. The van der Waals surface area contributed by atoms with Gasteiger partial charge < -0.3 is 18.9 Å². The molecule has 2 aromatic carbocycles. The van der Waals surface area contributed by atoms with Crippen LogP contribution in [0.2, 0.25) is 0 Å². The van der Waals surface area contributed by atoms with Gasteiger partial charge in [-0.2, -0.15) is 4.99 Å². The van der Waals surface area contributed by atoms with Gasteiger partial charge in [-0.3, -0.25) is 14.4 Å². The molecule has 0 unspecified atom stereocenters. The van der Waals surface area contributed by atoms with Gasteiger partial charge in [0, 0.05) is 12.2 Å². The molecule has 1 aliphatic rings. The molecule has 0 bridgehead atoms. The van der Waals surface area contributed by atoms with E-state index < -0.39 is 45.1 Å². The number of anilines is 1. The number of hydrogen-bond acceptors (Lipinski definition) is 9. The minimum atomic E-state index is -4.14. The zero-order valence-corrected chi connectivity index (χ0v) is 22.3. The van der Waals surface area contributed by atoms with Crippen molar-refractivity contribution < 1.29 is 37.1 Å². The second-order valence-electron chi connectivity index (χ2n) is 8.54. The standard InChI is InChI=1S/C25H25N3O8S2/c1-35-23(31)13-28-19-10-9-17(24(32)36-2)12-20(19)37-25(28)26-21(29)14-38(33,34)15-22(30)27-11-5-7-16-6-3-4-8-18(16)27/h3-4,6,8-10,12H,5,7,11,13-15H2,1-2H3. The van der Waals surface area contributed by atoms with Crippen molar-refractivity contribution in [3.05, 3.63) is 58.4 Å². The first-order valence-corrected chi connectivity index (χ1v) is 14.2. The van der Waals surface area contributed by atoms with E-state index in [1.54, 1.807) is 18.2 Å². The lowest BCUT2D eigenvalue weighted by atomic mass is 10.0. The highest BCUT2D eigenvalue weighted by molar-refractivity contribution is 7.92. The summed E-state index contributed by atoms with van der Waals surface area (Å²) in [6.45, 7) is 0.104. The Hall–Kier alpha value is -3.84. The summed E-state index contributed by atoms with van der Waals surface area (Å²) in [6.07, 6.45) is 1.51. The molecule has 38 heavy (non-hydrogen) atoms. The highest BCUT2D eigenvalue weighted by atomic mass is 32.2. The summed E-state index contributed by atoms with van der Waals surface area (Å²) in [7, 11) is -1.69. The largest absolute Gasteiger partial charge is 0.468 e. The van der Waals surface area contributed by atoms with Crippen LogP contribution in [0, 0.1) is 0 Å². The zero-order valence-electron chi connectivity index (χ0n) is 20.7. The summed E-state index contributed by atoms with van der Waals surface area (Å²) in [5.41, 5.74) is 2.38. The summed E-state index contributed by atoms with van der Waals surface area (Å²) < 4.78 is 36.9. The first kappa shape index (κ1) is 27.2. The molecular formula is C25H25N3O8S2. The van der Waals surface area contributed by atoms with E-state index in [2.05, 4.69) is 4.99 Å². The second-order valence-corrected chi connectivity index (χ2v) is 11.6. The SMILES string of the molecule is COC(=O)Cn1c(=NC(=O)CS(=O)(=O)CC(=O)N2CCCc3ccccc32)sc2cc(C(=O)OC)ccc21. The van der Waals surface area contributed by atoms with Gasteiger partial charge >= 0.3 is 11.9 Å². The molecule has 0 atom stereocenters. The lowest BCUT2D eigenvalue weighted by molar-refractivity contribution is -0.141. The lowest BCUT2D eigenvalue weighted by Crippen LogP contribution is -2.40. The molecule has 1 aliphatic heterocycles. The number of carbonyl (C=O) groups is 4. The van der Waals surface area contributed by atoms with Crippen molar-refractivity contribution in [1.29, 1.82) is 0 Å². The third kappa shape index (κ3) is 6.00. The Kier molecular flexibility index (Phi) is 8.07. The minimum Gasteiger partial charge on any atom is -0.468 e. The number of amides is 2. The van der Waals surface area contributed by atoms with Crippen molar-refractivity contribution in [1.82, 2.24) is 4.57 Å². The number of ether oxygens (including phenoxy) is 2. The average molecular weight is 560 g/mol. The van der Waals surface area contributed by atoms with Crippen molar-refractivity contribution in [3.8, 4) is 0 Å². The Bertz CT molecular complexity index is 1600. The molecule has 0 aliphatic carbocycles. The number of hydrogen-bond donors (Lipinski definition) is 0. The van der Waals surface area contributed by atoms with Crippen molar-refractivity contribution in [3.63, 3.8) is 0 Å². The molecule has 13 heteroatoms. The predicted molar refractivity (Wildman–Crippen MR) is 140 cm³/mol. The van der Waals surface area contributed by atoms with Crippen LogP contribution in [-0.4, -0.2) is 69.0 Å². The normalized spacial score (nSPS) is 13.7. The first-order chi connectivity index (χ1) is 18.1. The number of nitrogens with zero attached hydrogens (tertiary/aromatic N) is 3. The zero-order chi connectivity index (χ0) is 27.4.